The van der Waals surface area contributed by atoms with Gasteiger partial charge in [-0.05, 0) is 57.2 Å². The summed E-state index contributed by atoms with van der Waals surface area (Å²) in [7, 11) is 0. The number of carbonyl (C=O) groups excluding carboxylic acids is 1. The SMILES string of the molecule is CCCC(C)CCCNC(=O)c1sc2ncnc(Nc3ccc(F)cc3OC(C)C)c2c1C. The summed E-state index contributed by atoms with van der Waals surface area (Å²) in [5.41, 5.74) is 1.42. The number of hydrogen-bond acceptors (Lipinski definition) is 6. The molecule has 0 aliphatic carbocycles. The van der Waals surface area contributed by atoms with Gasteiger partial charge in [0, 0.05) is 12.6 Å². The number of nitrogens with zero attached hydrogens (tertiary/aromatic N) is 2. The van der Waals surface area contributed by atoms with Crippen LogP contribution in [0.2, 0.25) is 0 Å². The van der Waals surface area contributed by atoms with Gasteiger partial charge in [0.25, 0.3) is 5.91 Å². The third-order valence-electron chi connectivity index (χ3n) is 5.43. The number of thiophene rings is 1. The van der Waals surface area contributed by atoms with E-state index in [1.807, 2.05) is 20.8 Å². The summed E-state index contributed by atoms with van der Waals surface area (Å²) in [6.07, 6.45) is 5.83. The predicted molar refractivity (Wildman–Crippen MR) is 133 cm³/mol. The van der Waals surface area contributed by atoms with Gasteiger partial charge in [0.1, 0.15) is 28.5 Å². The minimum atomic E-state index is -0.376. The van der Waals surface area contributed by atoms with Crippen molar-refractivity contribution < 1.29 is 13.9 Å². The Balaban J connectivity index is 1.79. The van der Waals surface area contributed by atoms with Crippen molar-refractivity contribution in [3.8, 4) is 5.75 Å². The van der Waals surface area contributed by atoms with E-state index in [9.17, 15) is 9.18 Å². The van der Waals surface area contributed by atoms with Crippen molar-refractivity contribution in [2.24, 2.45) is 5.92 Å². The van der Waals surface area contributed by atoms with Crippen molar-refractivity contribution in [2.75, 3.05) is 11.9 Å². The van der Waals surface area contributed by atoms with Crippen molar-refractivity contribution >= 4 is 39.0 Å². The van der Waals surface area contributed by atoms with E-state index in [-0.39, 0.29) is 17.8 Å². The maximum absolute atomic E-state index is 13.8. The predicted octanol–water partition coefficient (Wildman–Crippen LogP) is 6.62. The molecule has 0 saturated heterocycles. The van der Waals surface area contributed by atoms with Gasteiger partial charge in [0.05, 0.1) is 22.1 Å². The average Bonchev–Trinajstić information content (AvgIpc) is 3.10. The maximum Gasteiger partial charge on any atom is 0.261 e. The lowest BCUT2D eigenvalue weighted by molar-refractivity contribution is 0.0956. The van der Waals surface area contributed by atoms with E-state index in [4.69, 9.17) is 4.74 Å². The highest BCUT2D eigenvalue weighted by Gasteiger charge is 2.20. The third kappa shape index (κ3) is 6.41. The van der Waals surface area contributed by atoms with Gasteiger partial charge in [-0.25, -0.2) is 14.4 Å². The van der Waals surface area contributed by atoms with Crippen LogP contribution in [0.3, 0.4) is 0 Å². The van der Waals surface area contributed by atoms with E-state index in [1.54, 1.807) is 6.07 Å². The van der Waals surface area contributed by atoms with Gasteiger partial charge >= 0.3 is 0 Å². The van der Waals surface area contributed by atoms with E-state index >= 15 is 0 Å². The van der Waals surface area contributed by atoms with Crippen LogP contribution in [0.5, 0.6) is 5.75 Å². The molecule has 1 atom stereocenters. The smallest absolute Gasteiger partial charge is 0.261 e. The molecule has 3 rings (SSSR count). The highest BCUT2D eigenvalue weighted by molar-refractivity contribution is 7.20. The Labute approximate surface area is 199 Å². The second-order valence-electron chi connectivity index (χ2n) is 8.68. The molecule has 0 aliphatic rings. The zero-order chi connectivity index (χ0) is 24.0. The van der Waals surface area contributed by atoms with E-state index in [0.717, 1.165) is 28.6 Å². The molecule has 0 fully saturated rings. The monoisotopic (exact) mass is 472 g/mol. The Morgan fingerprint density at radius 2 is 2.00 bits per heavy atom. The van der Waals surface area contributed by atoms with Crippen molar-refractivity contribution in [3.05, 3.63) is 40.8 Å². The summed E-state index contributed by atoms with van der Waals surface area (Å²) in [6, 6.07) is 4.34. The van der Waals surface area contributed by atoms with Crippen LogP contribution in [0.15, 0.2) is 24.5 Å². The van der Waals surface area contributed by atoms with Crippen LogP contribution in [-0.2, 0) is 0 Å². The molecule has 0 saturated carbocycles. The summed E-state index contributed by atoms with van der Waals surface area (Å²) >= 11 is 1.35. The van der Waals surface area contributed by atoms with E-state index in [1.165, 1.54) is 42.6 Å². The minimum absolute atomic E-state index is 0.0878. The fourth-order valence-corrected chi connectivity index (χ4v) is 4.90. The molecule has 3 aromatic rings. The molecule has 0 radical (unpaired) electrons. The summed E-state index contributed by atoms with van der Waals surface area (Å²) in [6.45, 7) is 10.8. The first-order valence-corrected chi connectivity index (χ1v) is 12.4. The fourth-order valence-electron chi connectivity index (χ4n) is 3.83. The Hall–Kier alpha value is -2.74. The van der Waals surface area contributed by atoms with Crippen LogP contribution < -0.4 is 15.4 Å². The summed E-state index contributed by atoms with van der Waals surface area (Å²) in [5.74, 6) is 1.17. The van der Waals surface area contributed by atoms with Crippen molar-refractivity contribution in [2.45, 2.75) is 66.4 Å². The lowest BCUT2D eigenvalue weighted by atomic mass is 10.0. The number of fused-ring (bicyclic) bond motifs is 1. The van der Waals surface area contributed by atoms with Gasteiger partial charge in [-0.2, -0.15) is 0 Å². The molecule has 1 amide bonds. The molecule has 33 heavy (non-hydrogen) atoms. The van der Waals surface area contributed by atoms with Gasteiger partial charge in [0.2, 0.25) is 0 Å². The molecule has 1 unspecified atom stereocenters. The lowest BCUT2D eigenvalue weighted by Crippen LogP contribution is -2.24. The van der Waals surface area contributed by atoms with Gasteiger partial charge in [-0.15, -0.1) is 11.3 Å². The molecule has 0 aliphatic heterocycles. The first-order valence-electron chi connectivity index (χ1n) is 11.6. The topological polar surface area (TPSA) is 76.1 Å². The zero-order valence-electron chi connectivity index (χ0n) is 20.0. The number of hydrogen-bond donors (Lipinski definition) is 2. The molecule has 1 aromatic carbocycles. The first kappa shape index (κ1) is 24.9. The van der Waals surface area contributed by atoms with E-state index in [2.05, 4.69) is 34.4 Å². The molecular formula is C25H33FN4O2S. The number of benzene rings is 1. The standard InChI is InChI=1S/C25H33FN4O2S/c1-6-8-16(4)9-7-12-27-24(31)22-17(5)21-23(28-14-29-25(21)33-22)30-19-11-10-18(26)13-20(19)32-15(2)3/h10-11,13-16H,6-9,12H2,1-5H3,(H,27,31)(H,28,29,30). The number of rotatable bonds is 11. The molecule has 2 N–H and O–H groups in total. The van der Waals surface area contributed by atoms with Crippen LogP contribution in [0.1, 0.15) is 68.6 Å². The first-order chi connectivity index (χ1) is 15.8. The quantitative estimate of drug-likeness (QED) is 0.307. The summed E-state index contributed by atoms with van der Waals surface area (Å²) < 4.78 is 19.5. The molecule has 8 heteroatoms. The largest absolute Gasteiger partial charge is 0.489 e. The Bertz CT molecular complexity index is 1100. The van der Waals surface area contributed by atoms with E-state index < -0.39 is 0 Å². The third-order valence-corrected chi connectivity index (χ3v) is 6.63. The number of anilines is 2. The molecule has 0 spiro atoms. The maximum atomic E-state index is 13.8. The molecule has 0 bridgehead atoms. The number of amides is 1. The van der Waals surface area contributed by atoms with Gasteiger partial charge in [-0.3, -0.25) is 4.79 Å². The normalized spacial score (nSPS) is 12.2. The highest BCUT2D eigenvalue weighted by atomic mass is 32.1. The van der Waals surface area contributed by atoms with Gasteiger partial charge in [-0.1, -0.05) is 26.7 Å². The van der Waals surface area contributed by atoms with E-state index in [0.29, 0.717) is 34.6 Å². The number of ether oxygens (including phenoxy) is 1. The fraction of sp³-hybridized carbons (Fsp3) is 0.480. The second-order valence-corrected chi connectivity index (χ2v) is 9.68. The Kier molecular flexibility index (Phi) is 8.61. The number of aryl methyl sites for hydroxylation is 1. The molecular weight excluding hydrogens is 439 g/mol. The molecule has 2 aromatic heterocycles. The number of aromatic nitrogens is 2. The Morgan fingerprint density at radius 3 is 2.73 bits per heavy atom. The second kappa shape index (κ2) is 11.4. The zero-order valence-corrected chi connectivity index (χ0v) is 20.8. The highest BCUT2D eigenvalue weighted by Crippen LogP contribution is 2.36. The number of carbonyl (C=O) groups is 1. The molecule has 178 valence electrons. The van der Waals surface area contributed by atoms with Crippen LogP contribution >= 0.6 is 11.3 Å². The van der Waals surface area contributed by atoms with Crippen LogP contribution in [0, 0.1) is 18.7 Å². The summed E-state index contributed by atoms with van der Waals surface area (Å²) in [5, 5.41) is 7.08. The van der Waals surface area contributed by atoms with Crippen molar-refractivity contribution in [3.63, 3.8) is 0 Å². The van der Waals surface area contributed by atoms with Gasteiger partial charge in [0.15, 0.2) is 0 Å². The average molecular weight is 473 g/mol. The van der Waals surface area contributed by atoms with Crippen LogP contribution in [-0.4, -0.2) is 28.5 Å². The number of nitrogens with one attached hydrogen (secondary N) is 2. The minimum Gasteiger partial charge on any atom is -0.489 e. The van der Waals surface area contributed by atoms with Crippen LogP contribution in [0.4, 0.5) is 15.9 Å². The lowest BCUT2D eigenvalue weighted by Gasteiger charge is -2.16. The van der Waals surface area contributed by atoms with Gasteiger partial charge < -0.3 is 15.4 Å². The van der Waals surface area contributed by atoms with Crippen molar-refractivity contribution in [1.82, 2.24) is 15.3 Å². The van der Waals surface area contributed by atoms with Crippen LogP contribution in [0.25, 0.3) is 10.2 Å². The molecule has 2 heterocycles. The number of halogens is 1. The summed E-state index contributed by atoms with van der Waals surface area (Å²) in [4.78, 5) is 23.0. The molecule has 6 nitrogen and oxygen atoms in total. The van der Waals surface area contributed by atoms with Crippen molar-refractivity contribution in [1.29, 1.82) is 0 Å². The Morgan fingerprint density at radius 1 is 1.21 bits per heavy atom.